The number of allylic oxidation sites excluding steroid dienone is 1. The molecule has 1 aromatic rings. The summed E-state index contributed by atoms with van der Waals surface area (Å²) in [5.41, 5.74) is 8.35. The van der Waals surface area contributed by atoms with Crippen LogP contribution in [0, 0.1) is 0 Å². The highest BCUT2D eigenvalue weighted by atomic mass is 14.3. The van der Waals surface area contributed by atoms with Crippen molar-refractivity contribution in [3.05, 3.63) is 40.0 Å². The van der Waals surface area contributed by atoms with Gasteiger partial charge in [0.25, 0.3) is 0 Å². The van der Waals surface area contributed by atoms with E-state index in [4.69, 9.17) is 0 Å². The van der Waals surface area contributed by atoms with Crippen molar-refractivity contribution in [1.82, 2.24) is 0 Å². The molecule has 0 atom stereocenters. The average molecular weight is 242 g/mol. The highest BCUT2D eigenvalue weighted by molar-refractivity contribution is 5.66. The first-order chi connectivity index (χ1) is 8.57. The van der Waals surface area contributed by atoms with E-state index in [0.717, 1.165) is 6.42 Å². The normalized spacial score (nSPS) is 16.1. The molecular weight excluding hydrogens is 216 g/mol. The monoisotopic (exact) mass is 242 g/mol. The molecule has 98 valence electrons. The fourth-order valence-corrected chi connectivity index (χ4v) is 3.39. The van der Waals surface area contributed by atoms with Crippen molar-refractivity contribution in [2.24, 2.45) is 0 Å². The third-order valence-electron chi connectivity index (χ3n) is 3.91. The summed E-state index contributed by atoms with van der Waals surface area (Å²) in [7, 11) is 0. The Morgan fingerprint density at radius 2 is 1.72 bits per heavy atom. The lowest BCUT2D eigenvalue weighted by molar-refractivity contribution is 0.578. The Kier molecular flexibility index (Phi) is 3.66. The average Bonchev–Trinajstić information content (AvgIpc) is 2.93. The topological polar surface area (TPSA) is 0 Å². The predicted molar refractivity (Wildman–Crippen MR) is 81.3 cm³/mol. The first-order valence-electron chi connectivity index (χ1n) is 7.42. The quantitative estimate of drug-likeness (QED) is 0.596. The van der Waals surface area contributed by atoms with Gasteiger partial charge in [-0.15, -0.1) is 0 Å². The van der Waals surface area contributed by atoms with E-state index in [1.165, 1.54) is 24.8 Å². The summed E-state index contributed by atoms with van der Waals surface area (Å²) >= 11 is 0. The molecule has 0 heterocycles. The Morgan fingerprint density at radius 3 is 2.39 bits per heavy atom. The van der Waals surface area contributed by atoms with Crippen LogP contribution in [-0.4, -0.2) is 0 Å². The van der Waals surface area contributed by atoms with Crippen LogP contribution >= 0.6 is 0 Å². The lowest BCUT2D eigenvalue weighted by Gasteiger charge is -2.26. The van der Waals surface area contributed by atoms with E-state index in [1.54, 1.807) is 22.3 Å². The zero-order valence-corrected chi connectivity index (χ0v) is 12.6. The van der Waals surface area contributed by atoms with E-state index in [2.05, 4.69) is 39.0 Å². The molecule has 2 aliphatic carbocycles. The molecule has 0 bridgehead atoms. The largest absolute Gasteiger partial charge is 0.0795 e. The van der Waals surface area contributed by atoms with Crippen LogP contribution in [0.25, 0.3) is 6.08 Å². The Labute approximate surface area is 112 Å². The van der Waals surface area contributed by atoms with Crippen molar-refractivity contribution in [3.8, 4) is 0 Å². The van der Waals surface area contributed by atoms with Gasteiger partial charge in [0, 0.05) is 0 Å². The van der Waals surface area contributed by atoms with Crippen LogP contribution < -0.4 is 0 Å². The van der Waals surface area contributed by atoms with Gasteiger partial charge >= 0.3 is 0 Å². The van der Waals surface area contributed by atoms with E-state index in [0.29, 0.717) is 5.41 Å². The highest BCUT2D eigenvalue weighted by Gasteiger charge is 2.28. The molecule has 18 heavy (non-hydrogen) atoms. The van der Waals surface area contributed by atoms with Crippen molar-refractivity contribution in [2.75, 3.05) is 0 Å². The van der Waals surface area contributed by atoms with Gasteiger partial charge in [0.15, 0.2) is 0 Å². The van der Waals surface area contributed by atoms with E-state index in [9.17, 15) is 0 Å². The molecule has 0 heteroatoms. The first kappa shape index (κ1) is 13.4. The molecular formula is C18H26. The number of hydrogen-bond donors (Lipinski definition) is 0. The third kappa shape index (κ3) is 2.13. The summed E-state index contributed by atoms with van der Waals surface area (Å²) in [6.45, 7) is 11.1. The van der Waals surface area contributed by atoms with Crippen LogP contribution in [-0.2, 0) is 24.7 Å². The Morgan fingerprint density at radius 1 is 1.00 bits per heavy atom. The molecule has 0 radical (unpaired) electrons. The van der Waals surface area contributed by atoms with Crippen molar-refractivity contribution in [1.29, 1.82) is 0 Å². The summed E-state index contributed by atoms with van der Waals surface area (Å²) < 4.78 is 0. The zero-order chi connectivity index (χ0) is 13.3. The Bertz CT molecular complexity index is 466. The molecule has 2 aliphatic rings. The van der Waals surface area contributed by atoms with Gasteiger partial charge in [-0.1, -0.05) is 52.8 Å². The molecule has 0 N–H and O–H groups in total. The van der Waals surface area contributed by atoms with Gasteiger partial charge in [0.05, 0.1) is 0 Å². The Hall–Kier alpha value is -1.04. The third-order valence-corrected chi connectivity index (χ3v) is 3.91. The van der Waals surface area contributed by atoms with Gasteiger partial charge < -0.3 is 0 Å². The number of fused-ring (bicyclic) bond motifs is 2. The summed E-state index contributed by atoms with van der Waals surface area (Å²) in [5.74, 6) is 0. The lowest BCUT2D eigenvalue weighted by Crippen LogP contribution is -2.17. The lowest BCUT2D eigenvalue weighted by atomic mass is 9.78. The minimum absolute atomic E-state index is 0.297. The van der Waals surface area contributed by atoms with Gasteiger partial charge in [-0.25, -0.2) is 0 Å². The number of benzene rings is 1. The smallest absolute Gasteiger partial charge is 0.00851 e. The van der Waals surface area contributed by atoms with Crippen LogP contribution in [0.1, 0.15) is 68.9 Å². The zero-order valence-electron chi connectivity index (χ0n) is 12.6. The van der Waals surface area contributed by atoms with Gasteiger partial charge in [-0.3, -0.25) is 0 Å². The maximum absolute atomic E-state index is 2.44. The van der Waals surface area contributed by atoms with Crippen LogP contribution in [0.2, 0.25) is 0 Å². The molecule has 0 fully saturated rings. The highest BCUT2D eigenvalue weighted by Crippen LogP contribution is 2.40. The number of rotatable bonds is 0. The van der Waals surface area contributed by atoms with Crippen molar-refractivity contribution < 1.29 is 0 Å². The van der Waals surface area contributed by atoms with Crippen molar-refractivity contribution in [2.45, 2.75) is 65.7 Å². The maximum atomic E-state index is 2.44. The van der Waals surface area contributed by atoms with E-state index in [1.807, 2.05) is 13.8 Å². The SMILES string of the molecule is CC.CC(C)(C)c1c2c(cc3c1CCC3)C=CC2. The van der Waals surface area contributed by atoms with Crippen molar-refractivity contribution in [3.63, 3.8) is 0 Å². The van der Waals surface area contributed by atoms with Gasteiger partial charge in [0.1, 0.15) is 0 Å². The maximum Gasteiger partial charge on any atom is -0.00851 e. The molecule has 0 saturated heterocycles. The molecule has 3 rings (SSSR count). The number of aryl methyl sites for hydroxylation is 1. The second kappa shape index (κ2) is 4.91. The van der Waals surface area contributed by atoms with E-state index < -0.39 is 0 Å². The summed E-state index contributed by atoms with van der Waals surface area (Å²) in [5, 5.41) is 0. The number of hydrogen-bond acceptors (Lipinski definition) is 0. The minimum Gasteiger partial charge on any atom is -0.0795 e. The minimum atomic E-state index is 0.297. The van der Waals surface area contributed by atoms with E-state index in [-0.39, 0.29) is 0 Å². The molecule has 1 aromatic carbocycles. The summed E-state index contributed by atoms with van der Waals surface area (Å²) in [6, 6.07) is 2.44. The van der Waals surface area contributed by atoms with E-state index >= 15 is 0 Å². The summed E-state index contributed by atoms with van der Waals surface area (Å²) in [6.07, 6.45) is 9.72. The van der Waals surface area contributed by atoms with Crippen LogP contribution in [0.4, 0.5) is 0 Å². The molecule has 0 amide bonds. The standard InChI is InChI=1S/C16H20.C2H6/c1-16(2,3)15-13-8-4-6-11(13)10-12-7-5-9-14(12)15;1-2/h4,6,10H,5,7-9H2,1-3H3;1-2H3. The predicted octanol–water partition coefficient (Wildman–Crippen LogP) is 5.07. The summed E-state index contributed by atoms with van der Waals surface area (Å²) in [4.78, 5) is 0. The van der Waals surface area contributed by atoms with Gasteiger partial charge in [-0.2, -0.15) is 0 Å². The fourth-order valence-electron chi connectivity index (χ4n) is 3.39. The van der Waals surface area contributed by atoms with Crippen LogP contribution in [0.3, 0.4) is 0 Å². The van der Waals surface area contributed by atoms with Gasteiger partial charge in [-0.05, 0) is 58.9 Å². The second-order valence-corrected chi connectivity index (χ2v) is 6.17. The Balaban J connectivity index is 0.000000574. The van der Waals surface area contributed by atoms with Crippen LogP contribution in [0.15, 0.2) is 12.1 Å². The molecule has 0 nitrogen and oxygen atoms in total. The molecule has 0 spiro atoms. The molecule has 0 unspecified atom stereocenters. The molecule has 0 saturated carbocycles. The van der Waals surface area contributed by atoms with Crippen molar-refractivity contribution >= 4 is 6.08 Å². The first-order valence-corrected chi connectivity index (χ1v) is 7.42. The van der Waals surface area contributed by atoms with Crippen LogP contribution in [0.5, 0.6) is 0 Å². The van der Waals surface area contributed by atoms with Gasteiger partial charge in [0.2, 0.25) is 0 Å². The fraction of sp³-hybridized carbons (Fsp3) is 0.556. The molecule has 0 aromatic heterocycles. The second-order valence-electron chi connectivity index (χ2n) is 6.17. The molecule has 0 aliphatic heterocycles.